The van der Waals surface area contributed by atoms with Gasteiger partial charge in [-0.15, -0.1) is 11.3 Å². The van der Waals surface area contributed by atoms with Crippen molar-refractivity contribution in [3.05, 3.63) is 16.6 Å². The topological polar surface area (TPSA) is 85.8 Å². The van der Waals surface area contributed by atoms with Gasteiger partial charge in [-0.1, -0.05) is 0 Å². The largest absolute Gasteiger partial charge is 0.391 e. The average Bonchev–Trinajstić information content (AvgIpc) is 3.05. The van der Waals surface area contributed by atoms with Crippen molar-refractivity contribution < 1.29 is 14.7 Å². The third-order valence-corrected chi connectivity index (χ3v) is 5.76. The van der Waals surface area contributed by atoms with Crippen molar-refractivity contribution in [3.63, 3.8) is 0 Å². The Balaban J connectivity index is 1.52. The summed E-state index contributed by atoms with van der Waals surface area (Å²) < 4.78 is 0. The van der Waals surface area contributed by atoms with Crippen LogP contribution in [0.25, 0.3) is 0 Å². The molecule has 0 unspecified atom stereocenters. The number of carbonyl (C=O) groups excluding carboxylic acids is 2. The van der Waals surface area contributed by atoms with Gasteiger partial charge in [-0.25, -0.2) is 4.98 Å². The van der Waals surface area contributed by atoms with E-state index in [1.165, 1.54) is 11.3 Å². The van der Waals surface area contributed by atoms with Crippen LogP contribution >= 0.6 is 11.3 Å². The molecule has 2 N–H and O–H groups in total. The number of nitrogens with one attached hydrogen (secondary N) is 1. The Morgan fingerprint density at radius 1 is 1.28 bits per heavy atom. The van der Waals surface area contributed by atoms with E-state index in [0.717, 1.165) is 32.6 Å². The van der Waals surface area contributed by atoms with E-state index in [0.29, 0.717) is 25.0 Å². The van der Waals surface area contributed by atoms with E-state index >= 15 is 0 Å². The van der Waals surface area contributed by atoms with Crippen LogP contribution in [0.1, 0.15) is 36.2 Å². The van der Waals surface area contributed by atoms with Gasteiger partial charge in [0, 0.05) is 30.9 Å². The minimum atomic E-state index is -0.695. The van der Waals surface area contributed by atoms with Crippen molar-refractivity contribution in [2.75, 3.05) is 33.2 Å². The molecule has 0 radical (unpaired) electrons. The van der Waals surface area contributed by atoms with E-state index in [2.05, 4.69) is 22.2 Å². The van der Waals surface area contributed by atoms with Crippen LogP contribution < -0.4 is 5.32 Å². The molecule has 2 heterocycles. The van der Waals surface area contributed by atoms with Gasteiger partial charge in [0.1, 0.15) is 5.69 Å². The molecule has 25 heavy (non-hydrogen) atoms. The third-order valence-electron chi connectivity index (χ3n) is 5.18. The second-order valence-corrected chi connectivity index (χ2v) is 7.73. The highest BCUT2D eigenvalue weighted by atomic mass is 32.1. The Kier molecular flexibility index (Phi) is 6.03. The Bertz CT molecular complexity index is 595. The molecule has 7 nitrogen and oxygen atoms in total. The highest BCUT2D eigenvalue weighted by molar-refractivity contribution is 7.07. The summed E-state index contributed by atoms with van der Waals surface area (Å²) in [4.78, 5) is 33.0. The lowest BCUT2D eigenvalue weighted by atomic mass is 9.83. The van der Waals surface area contributed by atoms with Gasteiger partial charge in [0.05, 0.1) is 17.7 Å². The van der Waals surface area contributed by atoms with Crippen molar-refractivity contribution >= 4 is 23.2 Å². The molecule has 2 amide bonds. The first-order valence-electron chi connectivity index (χ1n) is 8.89. The smallest absolute Gasteiger partial charge is 0.271 e. The second kappa shape index (κ2) is 8.25. The number of aliphatic hydroxyl groups excluding tert-OH is 1. The first-order valence-corrected chi connectivity index (χ1v) is 9.83. The van der Waals surface area contributed by atoms with Crippen molar-refractivity contribution in [2.45, 2.75) is 37.8 Å². The zero-order valence-electron chi connectivity index (χ0n) is 14.6. The van der Waals surface area contributed by atoms with E-state index in [9.17, 15) is 14.7 Å². The number of rotatable bonds is 3. The molecule has 1 aliphatic heterocycles. The average molecular weight is 366 g/mol. The maximum Gasteiger partial charge on any atom is 0.271 e. The molecule has 2 fully saturated rings. The molecule has 0 aromatic carbocycles. The fourth-order valence-corrected chi connectivity index (χ4v) is 4.16. The van der Waals surface area contributed by atoms with Gasteiger partial charge >= 0.3 is 0 Å². The van der Waals surface area contributed by atoms with Crippen LogP contribution in [0.5, 0.6) is 0 Å². The number of aliphatic hydroxyl groups is 1. The molecular weight excluding hydrogens is 340 g/mol. The maximum absolute atomic E-state index is 12.8. The van der Waals surface area contributed by atoms with Gasteiger partial charge in [0.25, 0.3) is 5.91 Å². The number of amides is 2. The van der Waals surface area contributed by atoms with Gasteiger partial charge < -0.3 is 20.2 Å². The zero-order chi connectivity index (χ0) is 17.8. The number of aromatic nitrogens is 1. The first-order chi connectivity index (χ1) is 12.0. The second-order valence-electron chi connectivity index (χ2n) is 7.01. The van der Waals surface area contributed by atoms with Crippen LogP contribution in [-0.2, 0) is 4.79 Å². The summed E-state index contributed by atoms with van der Waals surface area (Å²) in [5.74, 6) is -0.255. The van der Waals surface area contributed by atoms with Crippen LogP contribution in [-0.4, -0.2) is 77.1 Å². The minimum absolute atomic E-state index is 0.147. The molecule has 1 aromatic heterocycles. The van der Waals surface area contributed by atoms with Crippen LogP contribution in [0.15, 0.2) is 10.9 Å². The number of thiazole rings is 1. The molecule has 1 aromatic rings. The highest BCUT2D eigenvalue weighted by Gasteiger charge is 2.35. The predicted octanol–water partition coefficient (Wildman–Crippen LogP) is 0.567. The molecule has 3 rings (SSSR count). The zero-order valence-corrected chi connectivity index (χ0v) is 15.4. The summed E-state index contributed by atoms with van der Waals surface area (Å²) in [6, 6.07) is -0.312. The quantitative estimate of drug-likeness (QED) is 0.817. The predicted molar refractivity (Wildman–Crippen MR) is 95.4 cm³/mol. The summed E-state index contributed by atoms with van der Waals surface area (Å²) in [5.41, 5.74) is 1.99. The molecular formula is C17H26N4O3S. The summed E-state index contributed by atoms with van der Waals surface area (Å²) in [6.07, 6.45) is 2.02. The van der Waals surface area contributed by atoms with Gasteiger partial charge in [0.15, 0.2) is 0 Å². The van der Waals surface area contributed by atoms with Crippen LogP contribution in [0.3, 0.4) is 0 Å². The third kappa shape index (κ3) is 4.56. The molecule has 1 aliphatic carbocycles. The Labute approximate surface area is 152 Å². The summed E-state index contributed by atoms with van der Waals surface area (Å²) in [6.45, 7) is 3.46. The lowest BCUT2D eigenvalue weighted by molar-refractivity contribution is -0.138. The highest BCUT2D eigenvalue weighted by Crippen LogP contribution is 2.27. The Morgan fingerprint density at radius 2 is 2.12 bits per heavy atom. The number of hydrogen-bond donors (Lipinski definition) is 2. The van der Waals surface area contributed by atoms with Crippen molar-refractivity contribution in [3.8, 4) is 0 Å². The number of likely N-dealkylation sites (N-methyl/N-ethyl adjacent to an activating group) is 1. The molecule has 0 bridgehead atoms. The number of nitrogens with zero attached hydrogens (tertiary/aromatic N) is 3. The van der Waals surface area contributed by atoms with Crippen molar-refractivity contribution in [1.82, 2.24) is 20.1 Å². The molecule has 0 spiro atoms. The minimum Gasteiger partial charge on any atom is -0.391 e. The van der Waals surface area contributed by atoms with Crippen LogP contribution in [0.4, 0.5) is 0 Å². The number of carbonyl (C=O) groups is 2. The first kappa shape index (κ1) is 18.3. The molecule has 138 valence electrons. The van der Waals surface area contributed by atoms with Crippen molar-refractivity contribution in [2.24, 2.45) is 5.92 Å². The fourth-order valence-electron chi connectivity index (χ4n) is 3.63. The molecule has 1 saturated carbocycles. The Morgan fingerprint density at radius 3 is 2.84 bits per heavy atom. The number of hydrogen-bond acceptors (Lipinski definition) is 6. The van der Waals surface area contributed by atoms with Gasteiger partial charge in [-0.3, -0.25) is 9.59 Å². The standard InChI is InChI=1S/C17H26N4O3S/c1-20-5-2-6-21(8-7-20)17(24)12-3-4-13(15(22)9-12)19-16(23)14-10-25-11-18-14/h10-13,15,22H,2-9H2,1H3,(H,19,23)/t12-,13-,15-/m0/s1. The maximum atomic E-state index is 12.8. The van der Waals surface area contributed by atoms with Gasteiger partial charge in [0.2, 0.25) is 5.91 Å². The summed E-state index contributed by atoms with van der Waals surface area (Å²) in [7, 11) is 2.08. The van der Waals surface area contributed by atoms with E-state index in [-0.39, 0.29) is 23.8 Å². The summed E-state index contributed by atoms with van der Waals surface area (Å²) >= 11 is 1.36. The Hall–Kier alpha value is -1.51. The SMILES string of the molecule is CN1CCCN(C(=O)[C@H]2CC[C@H](NC(=O)c3cscn3)[C@@H](O)C2)CC1. The molecule has 3 atom stereocenters. The molecule has 8 heteroatoms. The van der Waals surface area contributed by atoms with E-state index in [1.54, 1.807) is 10.9 Å². The fraction of sp³-hybridized carbons (Fsp3) is 0.706. The van der Waals surface area contributed by atoms with Crippen LogP contribution in [0, 0.1) is 5.92 Å². The van der Waals surface area contributed by atoms with Crippen LogP contribution in [0.2, 0.25) is 0 Å². The van der Waals surface area contributed by atoms with Crippen molar-refractivity contribution in [1.29, 1.82) is 0 Å². The summed E-state index contributed by atoms with van der Waals surface area (Å²) in [5, 5.41) is 15.0. The van der Waals surface area contributed by atoms with E-state index < -0.39 is 6.10 Å². The van der Waals surface area contributed by atoms with E-state index in [4.69, 9.17) is 0 Å². The van der Waals surface area contributed by atoms with Gasteiger partial charge in [-0.2, -0.15) is 0 Å². The molecule has 2 aliphatic rings. The van der Waals surface area contributed by atoms with Gasteiger partial charge in [-0.05, 0) is 39.3 Å². The van der Waals surface area contributed by atoms with E-state index in [1.807, 2.05) is 4.90 Å². The lowest BCUT2D eigenvalue weighted by Gasteiger charge is -2.35. The molecule has 1 saturated heterocycles. The normalized spacial score (nSPS) is 28.4. The monoisotopic (exact) mass is 366 g/mol. The lowest BCUT2D eigenvalue weighted by Crippen LogP contribution is -2.50.